The topological polar surface area (TPSA) is 120 Å². The molecule has 0 aliphatic carbocycles. The highest BCUT2D eigenvalue weighted by Crippen LogP contribution is 2.24. The molecule has 0 aromatic rings. The van der Waals surface area contributed by atoms with Crippen LogP contribution in [0.3, 0.4) is 0 Å². The largest absolute Gasteiger partial charge is 0.394 e. The van der Waals surface area contributed by atoms with Crippen LogP contribution in [0.25, 0.3) is 0 Å². The summed E-state index contributed by atoms with van der Waals surface area (Å²) in [4.78, 5) is 0. The molecule has 0 amide bonds. The molecule has 0 spiro atoms. The second-order valence-electron chi connectivity index (χ2n) is 5.97. The number of ether oxygens (including phenoxy) is 2. The molecule has 0 aromatic carbocycles. The van der Waals surface area contributed by atoms with Crippen LogP contribution in [0.2, 0.25) is 0 Å². The van der Waals surface area contributed by atoms with Crippen molar-refractivity contribution in [3.05, 3.63) is 23.3 Å². The molecule has 134 valence electrons. The van der Waals surface area contributed by atoms with Crippen LogP contribution in [-0.2, 0) is 9.47 Å². The Labute approximate surface area is 136 Å². The monoisotopic (exact) mass is 332 g/mol. The van der Waals surface area contributed by atoms with Crippen molar-refractivity contribution in [1.29, 1.82) is 0 Å². The Morgan fingerprint density at radius 2 is 1.70 bits per heavy atom. The molecule has 1 rings (SSSR count). The van der Waals surface area contributed by atoms with Gasteiger partial charge >= 0.3 is 0 Å². The summed E-state index contributed by atoms with van der Waals surface area (Å²) in [5.74, 6) is 0. The van der Waals surface area contributed by atoms with Crippen LogP contribution in [0.4, 0.5) is 0 Å². The lowest BCUT2D eigenvalue weighted by atomic mass is 9.99. The Hall–Kier alpha value is -0.800. The second kappa shape index (κ2) is 9.48. The smallest absolute Gasteiger partial charge is 0.187 e. The van der Waals surface area contributed by atoms with Gasteiger partial charge < -0.3 is 35.0 Å². The summed E-state index contributed by atoms with van der Waals surface area (Å²) in [6, 6.07) is 0. The number of rotatable bonds is 7. The van der Waals surface area contributed by atoms with E-state index in [1.165, 1.54) is 5.57 Å². The summed E-state index contributed by atoms with van der Waals surface area (Å²) in [7, 11) is 0. The summed E-state index contributed by atoms with van der Waals surface area (Å²) in [6.45, 7) is 4.90. The van der Waals surface area contributed by atoms with Crippen LogP contribution in [-0.4, -0.2) is 75.6 Å². The molecule has 1 saturated heterocycles. The molecular formula is C16H28O7. The van der Waals surface area contributed by atoms with Crippen molar-refractivity contribution >= 4 is 0 Å². The molecule has 0 aromatic heterocycles. The Kier molecular flexibility index (Phi) is 8.35. The van der Waals surface area contributed by atoms with Gasteiger partial charge in [0.1, 0.15) is 30.5 Å². The molecule has 1 aliphatic rings. The van der Waals surface area contributed by atoms with E-state index in [4.69, 9.17) is 14.6 Å². The first-order valence-corrected chi connectivity index (χ1v) is 7.68. The number of aliphatic hydroxyl groups excluding tert-OH is 5. The molecule has 23 heavy (non-hydrogen) atoms. The van der Waals surface area contributed by atoms with E-state index in [2.05, 4.69) is 0 Å². The maximum Gasteiger partial charge on any atom is 0.187 e. The molecule has 0 saturated carbocycles. The molecule has 7 nitrogen and oxygen atoms in total. The fourth-order valence-corrected chi connectivity index (χ4v) is 2.25. The van der Waals surface area contributed by atoms with E-state index in [1.807, 2.05) is 26.0 Å². The third kappa shape index (κ3) is 5.65. The van der Waals surface area contributed by atoms with Crippen LogP contribution in [0.1, 0.15) is 27.2 Å². The van der Waals surface area contributed by atoms with Gasteiger partial charge in [-0.15, -0.1) is 0 Å². The lowest BCUT2D eigenvalue weighted by Gasteiger charge is -2.40. The highest BCUT2D eigenvalue weighted by atomic mass is 16.7. The van der Waals surface area contributed by atoms with Gasteiger partial charge in [0.15, 0.2) is 6.29 Å². The molecule has 0 bridgehead atoms. The molecular weight excluding hydrogens is 304 g/mol. The Morgan fingerprint density at radius 3 is 2.22 bits per heavy atom. The summed E-state index contributed by atoms with van der Waals surface area (Å²) in [5, 5.41) is 48.0. The van der Waals surface area contributed by atoms with E-state index in [0.29, 0.717) is 6.42 Å². The van der Waals surface area contributed by atoms with Crippen LogP contribution >= 0.6 is 0 Å². The van der Waals surface area contributed by atoms with Crippen LogP contribution in [0, 0.1) is 0 Å². The average molecular weight is 332 g/mol. The first-order valence-electron chi connectivity index (χ1n) is 7.68. The van der Waals surface area contributed by atoms with Gasteiger partial charge in [-0.2, -0.15) is 0 Å². The lowest BCUT2D eigenvalue weighted by molar-refractivity contribution is -0.309. The van der Waals surface area contributed by atoms with Crippen molar-refractivity contribution in [1.82, 2.24) is 0 Å². The van der Waals surface area contributed by atoms with Gasteiger partial charge in [0.05, 0.1) is 13.2 Å². The van der Waals surface area contributed by atoms with Gasteiger partial charge in [-0.3, -0.25) is 0 Å². The van der Waals surface area contributed by atoms with Crippen molar-refractivity contribution < 1.29 is 35.0 Å². The van der Waals surface area contributed by atoms with E-state index >= 15 is 0 Å². The SMILES string of the molecule is CC(C)=CC/C=C(\C)C(CO)O[C@@H]1O[C@H](CO)[C@@H](O)[C@H](O)[C@H]1O. The van der Waals surface area contributed by atoms with Gasteiger partial charge in [0.2, 0.25) is 0 Å². The molecule has 1 aliphatic heterocycles. The predicted molar refractivity (Wildman–Crippen MR) is 83.5 cm³/mol. The minimum absolute atomic E-state index is 0.327. The van der Waals surface area contributed by atoms with Crippen molar-refractivity contribution in [3.8, 4) is 0 Å². The number of hydrogen-bond acceptors (Lipinski definition) is 7. The van der Waals surface area contributed by atoms with Gasteiger partial charge in [-0.25, -0.2) is 0 Å². The molecule has 1 fully saturated rings. The molecule has 5 N–H and O–H groups in total. The summed E-state index contributed by atoms with van der Waals surface area (Å²) >= 11 is 0. The summed E-state index contributed by atoms with van der Waals surface area (Å²) in [6.07, 6.45) is -2.83. The first-order chi connectivity index (χ1) is 10.8. The minimum atomic E-state index is -1.50. The summed E-state index contributed by atoms with van der Waals surface area (Å²) in [5.41, 5.74) is 1.92. The van der Waals surface area contributed by atoms with Crippen molar-refractivity contribution in [2.75, 3.05) is 13.2 Å². The normalized spacial score (nSPS) is 33.4. The van der Waals surface area contributed by atoms with Crippen LogP contribution in [0.15, 0.2) is 23.3 Å². The molecule has 7 heteroatoms. The third-order valence-corrected chi connectivity index (χ3v) is 3.79. The Balaban J connectivity index is 2.75. The quantitative estimate of drug-likeness (QED) is 0.397. The third-order valence-electron chi connectivity index (χ3n) is 3.79. The molecule has 6 atom stereocenters. The Bertz CT molecular complexity index is 415. The van der Waals surface area contributed by atoms with E-state index in [9.17, 15) is 20.4 Å². The van der Waals surface area contributed by atoms with Gasteiger partial charge in [0, 0.05) is 0 Å². The lowest BCUT2D eigenvalue weighted by Crippen LogP contribution is -2.59. The second-order valence-corrected chi connectivity index (χ2v) is 5.97. The zero-order valence-electron chi connectivity index (χ0n) is 13.8. The van der Waals surface area contributed by atoms with Crippen molar-refractivity contribution in [2.45, 2.75) is 64.0 Å². The highest BCUT2D eigenvalue weighted by Gasteiger charge is 2.44. The number of hydrogen-bond donors (Lipinski definition) is 5. The zero-order valence-corrected chi connectivity index (χ0v) is 13.8. The van der Waals surface area contributed by atoms with E-state index < -0.39 is 43.4 Å². The molecule has 0 radical (unpaired) electrons. The van der Waals surface area contributed by atoms with Crippen molar-refractivity contribution in [3.63, 3.8) is 0 Å². The van der Waals surface area contributed by atoms with E-state index in [0.717, 1.165) is 5.57 Å². The molecule has 1 heterocycles. The van der Waals surface area contributed by atoms with Gasteiger partial charge in [0.25, 0.3) is 0 Å². The average Bonchev–Trinajstić information content (AvgIpc) is 2.51. The van der Waals surface area contributed by atoms with Gasteiger partial charge in [-0.1, -0.05) is 17.7 Å². The maximum absolute atomic E-state index is 9.94. The van der Waals surface area contributed by atoms with E-state index in [-0.39, 0.29) is 6.61 Å². The zero-order chi connectivity index (χ0) is 17.6. The van der Waals surface area contributed by atoms with E-state index in [1.54, 1.807) is 6.92 Å². The van der Waals surface area contributed by atoms with Crippen LogP contribution in [0.5, 0.6) is 0 Å². The number of allylic oxidation sites excluding steroid dienone is 3. The first kappa shape index (κ1) is 20.2. The predicted octanol–water partition coefficient (Wildman–Crippen LogP) is -0.534. The molecule has 1 unspecified atom stereocenters. The highest BCUT2D eigenvalue weighted by molar-refractivity contribution is 5.09. The number of aliphatic hydroxyl groups is 5. The Morgan fingerprint density at radius 1 is 1.04 bits per heavy atom. The minimum Gasteiger partial charge on any atom is -0.394 e. The fraction of sp³-hybridized carbons (Fsp3) is 0.750. The van der Waals surface area contributed by atoms with Crippen molar-refractivity contribution in [2.24, 2.45) is 0 Å². The van der Waals surface area contributed by atoms with Crippen LogP contribution < -0.4 is 0 Å². The standard InChI is InChI=1S/C16H28O7/c1-9(2)5-4-6-10(3)11(7-17)22-16-15(21)14(20)13(19)12(8-18)23-16/h5-6,11-21H,4,7-8H2,1-3H3/b10-6+/t11?,12-,13-,14+,15-,16-/m1/s1. The van der Waals surface area contributed by atoms with Gasteiger partial charge in [-0.05, 0) is 32.8 Å². The summed E-state index contributed by atoms with van der Waals surface area (Å²) < 4.78 is 10.8. The maximum atomic E-state index is 9.94. The fourth-order valence-electron chi connectivity index (χ4n) is 2.25.